The highest BCUT2D eigenvalue weighted by atomic mass is 15.5. The van der Waals surface area contributed by atoms with Crippen LogP contribution in [-0.2, 0) is 0 Å². The van der Waals surface area contributed by atoms with E-state index in [-0.39, 0.29) is 17.8 Å². The number of anilines is 3. The number of rotatable bonds is 6. The van der Waals surface area contributed by atoms with Gasteiger partial charge in [-0.3, -0.25) is 0 Å². The van der Waals surface area contributed by atoms with E-state index in [9.17, 15) is 0 Å². The fraction of sp³-hybridized carbons (Fsp3) is 0. The highest BCUT2D eigenvalue weighted by Crippen LogP contribution is 2.09. The number of nitrogens with one attached hydrogen (secondary N) is 3. The molecule has 0 radical (unpaired) electrons. The van der Waals surface area contributed by atoms with Crippen LogP contribution in [0.2, 0.25) is 0 Å². The molecule has 0 fully saturated rings. The largest absolute Gasteiger partial charge is 0.332 e. The minimum absolute atomic E-state index is 0.158. The molecule has 0 saturated carbocycles. The van der Waals surface area contributed by atoms with Crippen molar-refractivity contribution in [2.75, 3.05) is 16.3 Å². The third-order valence-electron chi connectivity index (χ3n) is 1.22. The molecule has 0 spiro atoms. The van der Waals surface area contributed by atoms with Gasteiger partial charge in [0.25, 0.3) is 0 Å². The maximum absolute atomic E-state index is 8.11. The first-order valence-electron chi connectivity index (χ1n) is 3.96. The lowest BCUT2D eigenvalue weighted by molar-refractivity contribution is 0.999. The molecule has 0 aliphatic rings. The van der Waals surface area contributed by atoms with Crippen molar-refractivity contribution in [3.8, 4) is 0 Å². The van der Waals surface area contributed by atoms with Gasteiger partial charge in [-0.05, 0) is 15.7 Å². The molecule has 15 heteroatoms. The Morgan fingerprint density at radius 3 is 1.17 bits per heavy atom. The van der Waals surface area contributed by atoms with Gasteiger partial charge in [0, 0.05) is 0 Å². The first-order valence-corrected chi connectivity index (χ1v) is 3.96. The normalized spacial score (nSPS) is 8.00. The molecule has 18 heavy (non-hydrogen) atoms. The highest BCUT2D eigenvalue weighted by molar-refractivity contribution is 5.40. The van der Waals surface area contributed by atoms with E-state index in [4.69, 9.17) is 16.6 Å². The SMILES string of the molecule is [N-]=[N+]=NNc1nc(NN=[N+]=[N-])nc(NN=[N+]=[N-])n1. The van der Waals surface area contributed by atoms with Crippen molar-refractivity contribution < 1.29 is 0 Å². The van der Waals surface area contributed by atoms with E-state index in [0.29, 0.717) is 0 Å². The molecule has 0 aliphatic heterocycles. The molecule has 0 aromatic carbocycles. The molecular formula is C3H3N15. The molecular weight excluding hydrogens is 246 g/mol. The molecule has 3 N–H and O–H groups in total. The Hall–Kier alpha value is -3.66. The molecule has 0 aliphatic carbocycles. The molecule has 1 rings (SSSR count). The molecule has 0 atom stereocenters. The lowest BCUT2D eigenvalue weighted by Gasteiger charge is -1.97. The zero-order valence-electron chi connectivity index (χ0n) is 8.37. The minimum Gasteiger partial charge on any atom is -0.194 e. The van der Waals surface area contributed by atoms with Gasteiger partial charge >= 0.3 is 17.8 Å². The summed E-state index contributed by atoms with van der Waals surface area (Å²) in [6, 6.07) is 0. The van der Waals surface area contributed by atoms with Gasteiger partial charge in [0.15, 0.2) is 0 Å². The van der Waals surface area contributed by atoms with Crippen molar-refractivity contribution in [3.05, 3.63) is 31.3 Å². The zero-order valence-corrected chi connectivity index (χ0v) is 8.37. The Morgan fingerprint density at radius 1 is 0.667 bits per heavy atom. The van der Waals surface area contributed by atoms with Gasteiger partial charge in [-0.2, -0.15) is 31.0 Å². The molecule has 1 aromatic heterocycles. The van der Waals surface area contributed by atoms with Gasteiger partial charge in [0.05, 0.1) is 0 Å². The quantitative estimate of drug-likeness (QED) is 0.294. The van der Waals surface area contributed by atoms with Crippen LogP contribution in [-0.4, -0.2) is 15.0 Å². The van der Waals surface area contributed by atoms with Crippen LogP contribution in [0.3, 0.4) is 0 Å². The maximum atomic E-state index is 8.11. The molecule has 0 bridgehead atoms. The summed E-state index contributed by atoms with van der Waals surface area (Å²) in [7, 11) is 0. The van der Waals surface area contributed by atoms with Crippen LogP contribution < -0.4 is 16.3 Å². The Balaban J connectivity index is 3.04. The van der Waals surface area contributed by atoms with E-state index >= 15 is 0 Å². The van der Waals surface area contributed by atoms with Crippen LogP contribution in [0.5, 0.6) is 0 Å². The number of hydrogen-bond donors (Lipinski definition) is 3. The first-order chi connectivity index (χ1) is 8.80. The lowest BCUT2D eigenvalue weighted by Crippen LogP contribution is -2.05. The Labute approximate surface area is 97.1 Å². The highest BCUT2D eigenvalue weighted by Gasteiger charge is 2.11. The average Bonchev–Trinajstić information content (AvgIpc) is 2.40. The topological polar surface area (TPSA) is 221 Å². The van der Waals surface area contributed by atoms with Gasteiger partial charge in [0.2, 0.25) is 0 Å². The number of hydrogen-bond acceptors (Lipinski definition) is 6. The van der Waals surface area contributed by atoms with Gasteiger partial charge in [-0.15, -0.1) is 31.5 Å². The minimum atomic E-state index is -0.158. The second-order valence-electron chi connectivity index (χ2n) is 2.21. The smallest absolute Gasteiger partial charge is 0.194 e. The van der Waals surface area contributed by atoms with Crippen molar-refractivity contribution in [2.45, 2.75) is 0 Å². The van der Waals surface area contributed by atoms with Crippen molar-refractivity contribution in [1.82, 2.24) is 15.0 Å². The molecule has 15 nitrogen and oxygen atoms in total. The van der Waals surface area contributed by atoms with Crippen molar-refractivity contribution in [2.24, 2.45) is 15.7 Å². The summed E-state index contributed by atoms with van der Waals surface area (Å²) in [5.74, 6) is -0.475. The molecule has 0 unspecified atom stereocenters. The summed E-state index contributed by atoms with van der Waals surface area (Å²) in [5, 5.41) is 9.00. The van der Waals surface area contributed by atoms with Crippen molar-refractivity contribution in [1.29, 1.82) is 0 Å². The molecule has 90 valence electrons. The fourth-order valence-corrected chi connectivity index (χ4v) is 0.727. The Morgan fingerprint density at radius 2 is 0.944 bits per heavy atom. The summed E-state index contributed by atoms with van der Waals surface area (Å²) in [6.07, 6.45) is 0. The zero-order chi connectivity index (χ0) is 13.2. The maximum Gasteiger partial charge on any atom is 0.332 e. The van der Waals surface area contributed by atoms with Gasteiger partial charge in [-0.1, -0.05) is 0 Å². The monoisotopic (exact) mass is 249 g/mol. The van der Waals surface area contributed by atoms with Gasteiger partial charge < -0.3 is 0 Å². The average molecular weight is 249 g/mol. The summed E-state index contributed by atoms with van der Waals surface area (Å²) in [5.41, 5.74) is 30.7. The van der Waals surface area contributed by atoms with E-state index in [1.165, 1.54) is 0 Å². The second kappa shape index (κ2) is 6.76. The second-order valence-corrected chi connectivity index (χ2v) is 2.21. The van der Waals surface area contributed by atoms with Crippen LogP contribution >= 0.6 is 0 Å². The summed E-state index contributed by atoms with van der Waals surface area (Å²) >= 11 is 0. The summed E-state index contributed by atoms with van der Waals surface area (Å²) in [6.45, 7) is 0. The predicted molar refractivity (Wildman–Crippen MR) is 58.1 cm³/mol. The van der Waals surface area contributed by atoms with E-state index < -0.39 is 0 Å². The molecule has 0 amide bonds. The van der Waals surface area contributed by atoms with Crippen LogP contribution in [0.4, 0.5) is 17.8 Å². The van der Waals surface area contributed by atoms with Crippen LogP contribution in [0.1, 0.15) is 0 Å². The first kappa shape index (κ1) is 12.4. The Bertz CT molecular complexity index is 460. The summed E-state index contributed by atoms with van der Waals surface area (Å²) < 4.78 is 0. The van der Waals surface area contributed by atoms with Crippen LogP contribution in [0.15, 0.2) is 15.7 Å². The molecule has 1 aromatic rings. The van der Waals surface area contributed by atoms with Crippen LogP contribution in [0, 0.1) is 0 Å². The van der Waals surface area contributed by atoms with E-state index in [1.54, 1.807) is 0 Å². The lowest BCUT2D eigenvalue weighted by atomic mass is 10.8. The third-order valence-corrected chi connectivity index (χ3v) is 1.22. The van der Waals surface area contributed by atoms with Gasteiger partial charge in [0.1, 0.15) is 0 Å². The summed E-state index contributed by atoms with van der Waals surface area (Å²) in [4.78, 5) is 18.3. The van der Waals surface area contributed by atoms with E-state index in [1.807, 2.05) is 0 Å². The third kappa shape index (κ3) is 3.84. The van der Waals surface area contributed by atoms with Crippen LogP contribution in [0.25, 0.3) is 31.3 Å². The fourth-order valence-electron chi connectivity index (χ4n) is 0.727. The standard InChI is InChI=1S/C3H3N15/c4-13-16-10-1-7-2(11-17-14-5)9-3(8-1)12-18-15-6/h(H3,7,8,9,10,11,12). The number of nitrogens with zero attached hydrogens (tertiary/aromatic N) is 12. The number of aromatic nitrogens is 3. The van der Waals surface area contributed by atoms with E-state index in [0.717, 1.165) is 0 Å². The Kier molecular flexibility index (Phi) is 4.66. The molecule has 0 saturated heterocycles. The van der Waals surface area contributed by atoms with E-state index in [2.05, 4.69) is 61.6 Å². The molecule has 1 heterocycles. The van der Waals surface area contributed by atoms with Crippen molar-refractivity contribution >= 4 is 17.8 Å². The predicted octanol–water partition coefficient (Wildman–Crippen LogP) is 1.78. The van der Waals surface area contributed by atoms with Crippen molar-refractivity contribution in [3.63, 3.8) is 0 Å². The van der Waals surface area contributed by atoms with Gasteiger partial charge in [-0.25, -0.2) is 0 Å². The number of azide groups is 3.